The number of carbonyl (C=O) groups excluding carboxylic acids is 17. The van der Waals surface area contributed by atoms with Gasteiger partial charge in [-0.25, -0.2) is 8.42 Å². The summed E-state index contributed by atoms with van der Waals surface area (Å²) < 4.78 is 45.3. The van der Waals surface area contributed by atoms with Gasteiger partial charge in [-0.1, -0.05) is 111 Å². The zero-order chi connectivity index (χ0) is 91.7. The lowest BCUT2D eigenvalue weighted by atomic mass is 9.85. The van der Waals surface area contributed by atoms with Gasteiger partial charge in [0.15, 0.2) is 0 Å². The molecule has 3 heterocycles. The number of aromatic nitrogens is 1. The Morgan fingerprint density at radius 3 is 1.94 bits per heavy atom. The number of halogens is 1. The first-order chi connectivity index (χ1) is 57.7. The maximum absolute atomic E-state index is 15.4. The highest BCUT2D eigenvalue weighted by molar-refractivity contribution is 9.10. The first-order valence-electron chi connectivity index (χ1n) is 39.6. The molecule has 16 amide bonds. The topological polar surface area (TPSA) is 650 Å². The van der Waals surface area contributed by atoms with E-state index in [0.717, 1.165) is 32.4 Å². The molecule has 2 saturated heterocycles. The number of nitrogens with two attached hydrogens (primary N) is 4. The number of amides is 16. The fourth-order valence-corrected chi connectivity index (χ4v) is 14.6. The largest absolute Gasteiger partial charge is 0.748 e. The lowest BCUT2D eigenvalue weighted by Gasteiger charge is -2.35. The van der Waals surface area contributed by atoms with Gasteiger partial charge in [-0.05, 0) is 99.1 Å². The SMILES string of the molecule is CC(C)C(NC(=O)[C@@H]1CCCN1C(=O)[C@H](Cc1ccc(Br)cc1)NC(=O)[C@@H](C)NC=O)C(=O)NC(C(=O)N[C@H](Cc1c[nH]c2ccccc12)C(=O)N[C@@H](CCCNC(N)=[NH2+])C(=O)N[C@H](CS(=O)(=O)[O-])C(=O)NC1C(=O)N(C)[C@@H](CCC(N)=O)C(=O)N[C@H](Cc2ccccc2)C(=O)N[C@@H]([C@@H](C)O)C(=O)N[C@@H](CC(N)=O)C(=O)N(C)CC(=O)O[C@@H]1C)C(C)(C)C. The van der Waals surface area contributed by atoms with Gasteiger partial charge in [0.25, 0.3) is 0 Å². The molecule has 4 aromatic rings. The van der Waals surface area contributed by atoms with E-state index in [1.165, 1.54) is 18.0 Å². The molecule has 0 aliphatic carbocycles. The van der Waals surface area contributed by atoms with Gasteiger partial charge in [0, 0.05) is 67.9 Å². The van der Waals surface area contributed by atoms with Gasteiger partial charge in [-0.3, -0.25) is 98.0 Å². The predicted octanol–water partition coefficient (Wildman–Crippen LogP) is -6.62. The fourth-order valence-electron chi connectivity index (χ4n) is 13.7. The van der Waals surface area contributed by atoms with Crippen LogP contribution in [0, 0.1) is 11.3 Å². The molecular weight excluding hydrogens is 1690 g/mol. The zero-order valence-corrected chi connectivity index (χ0v) is 72.2. The monoisotopic (exact) mass is 1800 g/mol. The van der Waals surface area contributed by atoms with Crippen molar-refractivity contribution in [3.8, 4) is 0 Å². The second-order valence-electron chi connectivity index (χ2n) is 31.7. The van der Waals surface area contributed by atoms with Gasteiger partial charge in [0.05, 0.1) is 34.9 Å². The van der Waals surface area contributed by atoms with Crippen molar-refractivity contribution >= 4 is 144 Å². The molecule has 42 nitrogen and oxygen atoms in total. The number of esters is 1. The molecular formula is C79H111BrN20O22S. The summed E-state index contributed by atoms with van der Waals surface area (Å²) in [5, 5.41) is 47.0. The minimum absolute atomic E-state index is 0.0139. The number of likely N-dealkylation sites (N-methyl/N-ethyl adjacent to an activating group) is 2. The van der Waals surface area contributed by atoms with Crippen molar-refractivity contribution in [3.05, 3.63) is 106 Å². The number of para-hydroxylation sites is 1. The number of hydrogen-bond donors (Lipinski definition) is 18. The number of ether oxygens (including phenoxy) is 1. The molecule has 672 valence electrons. The summed E-state index contributed by atoms with van der Waals surface area (Å²) in [6.45, 7) is 10.3. The molecule has 0 bridgehead atoms. The van der Waals surface area contributed by atoms with E-state index in [0.29, 0.717) is 50.2 Å². The second kappa shape index (κ2) is 45.6. The number of nitrogens with zero attached hydrogens (tertiary/aromatic N) is 3. The first-order valence-corrected chi connectivity index (χ1v) is 41.9. The molecule has 123 heavy (non-hydrogen) atoms. The Balaban J connectivity index is 1.36. The van der Waals surface area contributed by atoms with Crippen LogP contribution in [-0.4, -0.2) is 275 Å². The van der Waals surface area contributed by atoms with Crippen molar-refractivity contribution in [3.63, 3.8) is 0 Å². The van der Waals surface area contributed by atoms with Crippen molar-refractivity contribution in [2.75, 3.05) is 39.5 Å². The molecule has 0 spiro atoms. The maximum atomic E-state index is 15.4. The normalized spacial score (nSPS) is 20.4. The van der Waals surface area contributed by atoms with Gasteiger partial charge in [0.1, 0.15) is 91.2 Å². The molecule has 0 radical (unpaired) electrons. The van der Waals surface area contributed by atoms with Gasteiger partial charge >= 0.3 is 11.9 Å². The Morgan fingerprint density at radius 1 is 0.715 bits per heavy atom. The zero-order valence-electron chi connectivity index (χ0n) is 69.8. The summed E-state index contributed by atoms with van der Waals surface area (Å²) in [5.74, 6) is -20.9. The van der Waals surface area contributed by atoms with E-state index in [2.05, 4.69) is 84.7 Å². The summed E-state index contributed by atoms with van der Waals surface area (Å²) in [5.41, 5.74) is 17.5. The Bertz CT molecular complexity index is 4650. The standard InChI is InChI=1S/C79H111BrN20O22S/c1-40(2)61(94-71(112)57-23-17-31-100(57)76(117)53(91-65(106)41(3)87-39-101)33-45-24-26-47(80)27-25-45)72(113)97-64(79(6,7)8)74(115)90-52(34-46-36-86-49-21-15-14-20-48(46)49)67(108)88-50(22-16-30-85-78(83)84)66(107)93-55(38-123(119,120)121)69(110)96-63-43(5)122-60(105)37-98(9)75(116)54(35-59(82)104)92-73(114)62(42(4)102)95-68(109)51(32-44-18-12-11-13-19-44)89-70(111)56(28-29-58(81)103)99(10)77(63)118/h11-15,18-21,24-27,36,39-43,50-57,61-64,86,102H,16-17,22-23,28-35,37-38H2,1-10H3,(H2,81,103)(H2,82,104)(H,87,101)(H,88,108)(H,89,111)(H,90,115)(H,91,106)(H,92,114)(H,93,107)(H,94,112)(H,95,109)(H,96,110)(H,97,113)(H4,83,84,85)(H,119,120,121)/t41-,42-,43-,50+,51-,52-,53+,54+,55-,56+,57+,61?,62+,63?,64?/m1/s1. The van der Waals surface area contributed by atoms with Gasteiger partial charge in [0.2, 0.25) is 95.0 Å². The third kappa shape index (κ3) is 30.1. The minimum atomic E-state index is -5.69. The number of fused-ring (bicyclic) bond motifs is 1. The Labute approximate surface area is 718 Å². The minimum Gasteiger partial charge on any atom is -0.748 e. The van der Waals surface area contributed by atoms with E-state index in [9.17, 15) is 75.6 Å². The van der Waals surface area contributed by atoms with E-state index in [1.54, 1.807) is 113 Å². The van der Waals surface area contributed by atoms with Crippen molar-refractivity contribution < 1.29 is 110 Å². The van der Waals surface area contributed by atoms with E-state index in [1.807, 2.05) is 0 Å². The van der Waals surface area contributed by atoms with Crippen LogP contribution in [0.25, 0.3) is 10.9 Å². The van der Waals surface area contributed by atoms with Crippen molar-refractivity contribution in [1.29, 1.82) is 0 Å². The van der Waals surface area contributed by atoms with Crippen LogP contribution in [0.2, 0.25) is 0 Å². The number of primary amides is 2. The summed E-state index contributed by atoms with van der Waals surface area (Å²) in [6, 6.07) is -0.815. The Hall–Kier alpha value is -12.2. The number of carbonyl (C=O) groups is 17. The van der Waals surface area contributed by atoms with Crippen molar-refractivity contribution in [2.45, 2.75) is 210 Å². The molecule has 44 heteroatoms. The first kappa shape index (κ1) is 99.6. The number of benzene rings is 3. The molecule has 0 saturated carbocycles. The van der Waals surface area contributed by atoms with Crippen LogP contribution in [-0.2, 0) is 116 Å². The van der Waals surface area contributed by atoms with Crippen molar-refractivity contribution in [1.82, 2.24) is 83.5 Å². The van der Waals surface area contributed by atoms with Crippen LogP contribution in [0.1, 0.15) is 117 Å². The number of likely N-dealkylation sites (tertiary alicyclic amines) is 1. The highest BCUT2D eigenvalue weighted by atomic mass is 79.9. The number of hydrogen-bond acceptors (Lipinski definition) is 22. The summed E-state index contributed by atoms with van der Waals surface area (Å²) in [6.07, 6.45) is -5.05. The summed E-state index contributed by atoms with van der Waals surface area (Å²) >= 11 is 3.39. The van der Waals surface area contributed by atoms with Gasteiger partial charge in [-0.15, -0.1) is 0 Å². The molecule has 6 rings (SSSR count). The molecule has 3 aromatic carbocycles. The van der Waals surface area contributed by atoms with Crippen LogP contribution in [0.5, 0.6) is 0 Å². The number of H-pyrrole nitrogens is 1. The number of guanidine groups is 1. The number of aliphatic hydroxyl groups excluding tert-OH is 1. The molecule has 22 N–H and O–H groups in total. The van der Waals surface area contributed by atoms with Gasteiger partial charge < -0.3 is 104 Å². The van der Waals surface area contributed by atoms with Crippen LogP contribution in [0.15, 0.2) is 89.5 Å². The van der Waals surface area contributed by atoms with Crippen LogP contribution < -0.4 is 86.4 Å². The average Bonchev–Trinajstić information content (AvgIpc) is 1.78. The summed E-state index contributed by atoms with van der Waals surface area (Å²) in [7, 11) is -3.73. The Morgan fingerprint density at radius 2 is 1.33 bits per heavy atom. The van der Waals surface area contributed by atoms with Crippen molar-refractivity contribution in [2.24, 2.45) is 28.5 Å². The predicted molar refractivity (Wildman–Crippen MR) is 444 cm³/mol. The molecule has 2 aliphatic rings. The van der Waals surface area contributed by atoms with E-state index in [4.69, 9.17) is 27.3 Å². The lowest BCUT2D eigenvalue weighted by molar-refractivity contribution is -0.158. The molecule has 2 fully saturated rings. The third-order valence-electron chi connectivity index (χ3n) is 20.4. The lowest BCUT2D eigenvalue weighted by Crippen LogP contribution is -2.64. The van der Waals surface area contributed by atoms with Crippen LogP contribution in [0.3, 0.4) is 0 Å². The van der Waals surface area contributed by atoms with E-state index in [-0.39, 0.29) is 51.2 Å². The second-order valence-corrected chi connectivity index (χ2v) is 34.0. The molecule has 3 unspecified atom stereocenters. The highest BCUT2D eigenvalue weighted by Crippen LogP contribution is 2.26. The van der Waals surface area contributed by atoms with E-state index < -0.39 is 245 Å². The number of aromatic amines is 1. The number of nitrogens with one attached hydrogen (secondary N) is 13. The third-order valence-corrected chi connectivity index (χ3v) is 21.7. The maximum Gasteiger partial charge on any atom is 0.338 e. The van der Waals surface area contributed by atoms with E-state index >= 15 is 24.0 Å². The number of cyclic esters (lactones) is 1. The highest BCUT2D eigenvalue weighted by Gasteiger charge is 2.45. The molecule has 1 aromatic heterocycles. The van der Waals surface area contributed by atoms with Crippen LogP contribution >= 0.6 is 15.9 Å². The quantitative estimate of drug-likeness (QED) is 0.00503. The Kier molecular flexibility index (Phi) is 37.0. The number of rotatable bonds is 36. The smallest absolute Gasteiger partial charge is 0.338 e. The summed E-state index contributed by atoms with van der Waals surface area (Å²) in [4.78, 5) is 247. The average molecular weight is 1800 g/mol. The number of aliphatic hydroxyl groups is 1. The van der Waals surface area contributed by atoms with Crippen LogP contribution in [0.4, 0.5) is 0 Å². The fraction of sp³-hybridized carbons (Fsp3) is 0.519. The molecule has 2 aliphatic heterocycles. The van der Waals surface area contributed by atoms with Gasteiger partial charge in [-0.2, -0.15) is 0 Å². The molecule has 15 atom stereocenters.